The van der Waals surface area contributed by atoms with E-state index in [-0.39, 0.29) is 11.8 Å². The Labute approximate surface area is 222 Å². The molecule has 1 aliphatic heterocycles. The first-order valence-electron chi connectivity index (χ1n) is 13.3. The summed E-state index contributed by atoms with van der Waals surface area (Å²) in [5.41, 5.74) is 3.94. The summed E-state index contributed by atoms with van der Waals surface area (Å²) < 4.78 is 0. The number of nitrogens with zero attached hydrogens (tertiary/aromatic N) is 3. The molecule has 2 heterocycles. The number of hydrogen-bond donors (Lipinski definition) is 2. The number of anilines is 1. The molecule has 5 rings (SSSR count). The van der Waals surface area contributed by atoms with E-state index in [2.05, 4.69) is 56.9 Å². The van der Waals surface area contributed by atoms with Crippen LogP contribution >= 0.6 is 11.3 Å². The third-order valence-corrected chi connectivity index (χ3v) is 8.01. The molecule has 2 amide bonds. The summed E-state index contributed by atoms with van der Waals surface area (Å²) in [7, 11) is 0. The van der Waals surface area contributed by atoms with Crippen molar-refractivity contribution in [1.82, 2.24) is 20.1 Å². The number of aromatic nitrogens is 1. The zero-order chi connectivity index (χ0) is 25.5. The molecule has 7 nitrogen and oxygen atoms in total. The van der Waals surface area contributed by atoms with Gasteiger partial charge in [-0.3, -0.25) is 14.5 Å². The number of benzene rings is 2. The summed E-state index contributed by atoms with van der Waals surface area (Å²) in [6.45, 7) is 3.43. The summed E-state index contributed by atoms with van der Waals surface area (Å²) >= 11 is 1.51. The zero-order valence-corrected chi connectivity index (χ0v) is 22.0. The maximum absolute atomic E-state index is 13.0. The Balaban J connectivity index is 1.03. The van der Waals surface area contributed by atoms with Gasteiger partial charge in [-0.15, -0.1) is 11.3 Å². The highest BCUT2D eigenvalue weighted by molar-refractivity contribution is 7.13. The van der Waals surface area contributed by atoms with Crippen LogP contribution < -0.4 is 10.6 Å². The Hall–Kier alpha value is -3.23. The Bertz CT molecular complexity index is 1170. The van der Waals surface area contributed by atoms with Crippen LogP contribution in [0.25, 0.3) is 11.1 Å². The van der Waals surface area contributed by atoms with E-state index in [4.69, 9.17) is 0 Å². The van der Waals surface area contributed by atoms with Crippen LogP contribution in [0.2, 0.25) is 0 Å². The maximum atomic E-state index is 13.0. The van der Waals surface area contributed by atoms with Gasteiger partial charge in [-0.05, 0) is 29.5 Å². The minimum atomic E-state index is -0.0176. The number of piperazine rings is 1. The lowest BCUT2D eigenvalue weighted by Gasteiger charge is -2.34. The van der Waals surface area contributed by atoms with Crippen molar-refractivity contribution in [2.45, 2.75) is 44.7 Å². The van der Waals surface area contributed by atoms with E-state index in [0.717, 1.165) is 16.3 Å². The normalized spacial score (nSPS) is 16.9. The van der Waals surface area contributed by atoms with E-state index in [1.807, 2.05) is 28.5 Å². The van der Waals surface area contributed by atoms with Gasteiger partial charge in [-0.2, -0.15) is 0 Å². The molecule has 194 valence electrons. The van der Waals surface area contributed by atoms with Crippen molar-refractivity contribution < 1.29 is 9.59 Å². The number of hydrogen-bond acceptors (Lipinski definition) is 6. The van der Waals surface area contributed by atoms with Crippen LogP contribution in [0.3, 0.4) is 0 Å². The lowest BCUT2D eigenvalue weighted by atomic mass is 9.96. The molecule has 2 aliphatic rings. The van der Waals surface area contributed by atoms with Crippen LogP contribution in [-0.4, -0.2) is 65.4 Å². The first-order chi connectivity index (χ1) is 18.1. The Morgan fingerprint density at radius 2 is 1.59 bits per heavy atom. The van der Waals surface area contributed by atoms with Gasteiger partial charge in [0, 0.05) is 44.1 Å². The van der Waals surface area contributed by atoms with Crippen LogP contribution in [0, 0.1) is 0 Å². The van der Waals surface area contributed by atoms with Crippen molar-refractivity contribution in [3.8, 4) is 11.1 Å². The highest BCUT2D eigenvalue weighted by Gasteiger charge is 2.25. The van der Waals surface area contributed by atoms with Gasteiger partial charge in [0.25, 0.3) is 5.91 Å². The summed E-state index contributed by atoms with van der Waals surface area (Å²) in [5, 5.41) is 9.24. The Kier molecular flexibility index (Phi) is 8.48. The van der Waals surface area contributed by atoms with Crippen LogP contribution in [0.5, 0.6) is 0 Å². The van der Waals surface area contributed by atoms with Gasteiger partial charge in [0.05, 0.1) is 6.54 Å². The SMILES string of the molecule is O=C(CN1CCN(C(=O)c2csc(NC3CCCCC3)n2)CC1)NCc1ccc(-c2ccccc2)cc1. The minimum absolute atomic E-state index is 0.00448. The second-order valence-corrected chi connectivity index (χ2v) is 10.8. The molecule has 2 N–H and O–H groups in total. The van der Waals surface area contributed by atoms with Crippen molar-refractivity contribution in [3.63, 3.8) is 0 Å². The maximum Gasteiger partial charge on any atom is 0.273 e. The molecule has 8 heteroatoms. The molecular formula is C29H35N5O2S. The predicted molar refractivity (Wildman–Crippen MR) is 149 cm³/mol. The second-order valence-electron chi connectivity index (χ2n) is 9.93. The molecule has 0 spiro atoms. The van der Waals surface area contributed by atoms with Gasteiger partial charge in [-0.1, -0.05) is 73.9 Å². The highest BCUT2D eigenvalue weighted by Crippen LogP contribution is 2.24. The molecule has 2 fully saturated rings. The second kappa shape index (κ2) is 12.3. The fraction of sp³-hybridized carbons (Fsp3) is 0.414. The topological polar surface area (TPSA) is 77.6 Å². The number of carbonyl (C=O) groups excluding carboxylic acids is 2. The fourth-order valence-electron chi connectivity index (χ4n) is 5.04. The van der Waals surface area contributed by atoms with E-state index >= 15 is 0 Å². The van der Waals surface area contributed by atoms with Crippen molar-refractivity contribution in [1.29, 1.82) is 0 Å². The molecule has 0 unspecified atom stereocenters. The zero-order valence-electron chi connectivity index (χ0n) is 21.2. The first kappa shape index (κ1) is 25.4. The van der Waals surface area contributed by atoms with Crippen LogP contribution in [0.4, 0.5) is 5.13 Å². The molecule has 0 bridgehead atoms. The van der Waals surface area contributed by atoms with Gasteiger partial charge in [0.1, 0.15) is 5.69 Å². The molecule has 37 heavy (non-hydrogen) atoms. The summed E-state index contributed by atoms with van der Waals surface area (Å²) in [6, 6.07) is 19.0. The molecule has 1 aliphatic carbocycles. The van der Waals surface area contributed by atoms with Crippen molar-refractivity contribution in [2.24, 2.45) is 0 Å². The molecule has 3 aromatic rings. The summed E-state index contributed by atoms with van der Waals surface area (Å²) in [6.07, 6.45) is 6.20. The van der Waals surface area contributed by atoms with E-state index in [1.165, 1.54) is 49.0 Å². The third-order valence-electron chi connectivity index (χ3n) is 7.23. The smallest absolute Gasteiger partial charge is 0.273 e. The molecule has 0 atom stereocenters. The summed E-state index contributed by atoms with van der Waals surface area (Å²) in [4.78, 5) is 34.0. The molecule has 2 aromatic carbocycles. The van der Waals surface area contributed by atoms with Gasteiger partial charge < -0.3 is 15.5 Å². The van der Waals surface area contributed by atoms with Crippen molar-refractivity contribution in [2.75, 3.05) is 38.0 Å². The standard InChI is InChI=1S/C29H35N5O2S/c35-27(30-19-22-11-13-24(14-12-22)23-7-3-1-4-8-23)20-33-15-17-34(18-16-33)28(36)26-21-37-29(32-26)31-25-9-5-2-6-10-25/h1,3-4,7-8,11-14,21,25H,2,5-6,9-10,15-20H2,(H,30,35)(H,31,32). The molecule has 1 saturated heterocycles. The lowest BCUT2D eigenvalue weighted by molar-refractivity contribution is -0.122. The van der Waals surface area contributed by atoms with Crippen LogP contribution in [0.15, 0.2) is 60.0 Å². The van der Waals surface area contributed by atoms with Gasteiger partial charge in [-0.25, -0.2) is 4.98 Å². The number of nitrogens with one attached hydrogen (secondary N) is 2. The first-order valence-corrected chi connectivity index (χ1v) is 14.2. The monoisotopic (exact) mass is 517 g/mol. The Morgan fingerprint density at radius 1 is 0.892 bits per heavy atom. The molecular weight excluding hydrogens is 482 g/mol. The van der Waals surface area contributed by atoms with Crippen molar-refractivity contribution >= 4 is 28.3 Å². The largest absolute Gasteiger partial charge is 0.359 e. The molecule has 1 saturated carbocycles. The number of carbonyl (C=O) groups is 2. The van der Waals surface area contributed by atoms with Crippen LogP contribution in [0.1, 0.15) is 48.2 Å². The van der Waals surface area contributed by atoms with E-state index < -0.39 is 0 Å². The van der Waals surface area contributed by atoms with Gasteiger partial charge >= 0.3 is 0 Å². The highest BCUT2D eigenvalue weighted by atomic mass is 32.1. The lowest BCUT2D eigenvalue weighted by Crippen LogP contribution is -2.51. The van der Waals surface area contributed by atoms with E-state index in [9.17, 15) is 9.59 Å². The Morgan fingerprint density at radius 3 is 2.32 bits per heavy atom. The quantitative estimate of drug-likeness (QED) is 0.456. The van der Waals surface area contributed by atoms with Crippen LogP contribution in [-0.2, 0) is 11.3 Å². The number of thiazole rings is 1. The number of amides is 2. The molecule has 1 aromatic heterocycles. The average Bonchev–Trinajstić information content (AvgIpc) is 3.42. The predicted octanol–water partition coefficient (Wildman–Crippen LogP) is 4.63. The minimum Gasteiger partial charge on any atom is -0.359 e. The van der Waals surface area contributed by atoms with E-state index in [0.29, 0.717) is 51.0 Å². The van der Waals surface area contributed by atoms with Crippen molar-refractivity contribution in [3.05, 3.63) is 71.2 Å². The average molecular weight is 518 g/mol. The number of rotatable bonds is 8. The van der Waals surface area contributed by atoms with Gasteiger partial charge in [0.2, 0.25) is 5.91 Å². The fourth-order valence-corrected chi connectivity index (χ4v) is 5.80. The summed E-state index contributed by atoms with van der Waals surface area (Å²) in [5.74, 6) is -0.0131. The third kappa shape index (κ3) is 6.96. The van der Waals surface area contributed by atoms with E-state index in [1.54, 1.807) is 0 Å². The molecule has 0 radical (unpaired) electrons. The van der Waals surface area contributed by atoms with Gasteiger partial charge in [0.15, 0.2) is 5.13 Å².